The molecular formula is C9H4F6N2O6S2. The minimum Gasteiger partial charge on any atom is -0.355 e. The summed E-state index contributed by atoms with van der Waals surface area (Å²) in [6.07, 6.45) is 0. The molecule has 0 unspecified atom stereocenters. The molecule has 0 radical (unpaired) electrons. The van der Waals surface area contributed by atoms with Crippen LogP contribution in [0.2, 0.25) is 0 Å². The third-order valence-electron chi connectivity index (χ3n) is 2.22. The van der Waals surface area contributed by atoms with Crippen molar-refractivity contribution in [1.29, 1.82) is 5.26 Å². The highest BCUT2D eigenvalue weighted by molar-refractivity contribution is 7.88. The van der Waals surface area contributed by atoms with Gasteiger partial charge in [-0.25, -0.2) is 0 Å². The van der Waals surface area contributed by atoms with E-state index in [-0.39, 0.29) is 0 Å². The number of pyridine rings is 1. The van der Waals surface area contributed by atoms with Gasteiger partial charge in [0.1, 0.15) is 11.6 Å². The second-order valence-corrected chi connectivity index (χ2v) is 7.11. The second kappa shape index (κ2) is 6.22. The number of nitrogens with zero attached hydrogens (tertiary/aromatic N) is 2. The number of hydrogen-bond acceptors (Lipinski definition) is 8. The van der Waals surface area contributed by atoms with Gasteiger partial charge in [0.2, 0.25) is 5.88 Å². The molecule has 0 N–H and O–H groups in total. The summed E-state index contributed by atoms with van der Waals surface area (Å²) >= 11 is 0. The van der Waals surface area contributed by atoms with Crippen molar-refractivity contribution in [3.05, 3.63) is 17.2 Å². The summed E-state index contributed by atoms with van der Waals surface area (Å²) in [5.41, 5.74) is -13.2. The summed E-state index contributed by atoms with van der Waals surface area (Å²) in [6, 6.07) is 1.66. The summed E-state index contributed by atoms with van der Waals surface area (Å²) in [4.78, 5) is 2.78. The molecule has 0 aliphatic carbocycles. The van der Waals surface area contributed by atoms with Crippen LogP contribution in [0.5, 0.6) is 11.8 Å². The Hall–Kier alpha value is -2.28. The van der Waals surface area contributed by atoms with Crippen molar-refractivity contribution in [2.45, 2.75) is 17.9 Å². The van der Waals surface area contributed by atoms with Crippen molar-refractivity contribution in [3.8, 4) is 17.8 Å². The number of alkyl halides is 6. The average molecular weight is 414 g/mol. The molecule has 0 bridgehead atoms. The Bertz CT molecular complexity index is 929. The molecule has 25 heavy (non-hydrogen) atoms. The van der Waals surface area contributed by atoms with Crippen molar-refractivity contribution in [3.63, 3.8) is 0 Å². The molecule has 0 spiro atoms. The van der Waals surface area contributed by atoms with Crippen molar-refractivity contribution in [2.24, 2.45) is 0 Å². The highest BCUT2D eigenvalue weighted by Gasteiger charge is 2.50. The van der Waals surface area contributed by atoms with Crippen LogP contribution in [0, 0.1) is 18.3 Å². The highest BCUT2D eigenvalue weighted by atomic mass is 32.2. The zero-order valence-electron chi connectivity index (χ0n) is 11.5. The number of halogens is 6. The van der Waals surface area contributed by atoms with Crippen LogP contribution < -0.4 is 8.37 Å². The van der Waals surface area contributed by atoms with Crippen LogP contribution in [0.3, 0.4) is 0 Å². The molecule has 1 aromatic rings. The van der Waals surface area contributed by atoms with Crippen molar-refractivity contribution in [1.82, 2.24) is 4.98 Å². The van der Waals surface area contributed by atoms with E-state index in [4.69, 9.17) is 5.26 Å². The Balaban J connectivity index is 3.47. The maximum Gasteiger partial charge on any atom is 0.534 e. The van der Waals surface area contributed by atoms with Gasteiger partial charge in [-0.15, -0.1) is 0 Å². The predicted molar refractivity (Wildman–Crippen MR) is 64.9 cm³/mol. The van der Waals surface area contributed by atoms with E-state index >= 15 is 0 Å². The lowest BCUT2D eigenvalue weighted by Crippen LogP contribution is -2.29. The third kappa shape index (κ3) is 4.42. The summed E-state index contributed by atoms with van der Waals surface area (Å²) in [5, 5.41) is 8.77. The van der Waals surface area contributed by atoms with Crippen molar-refractivity contribution in [2.75, 3.05) is 0 Å². The van der Waals surface area contributed by atoms with E-state index in [0.717, 1.165) is 6.92 Å². The summed E-state index contributed by atoms with van der Waals surface area (Å²) in [5.74, 6) is -3.06. The first-order valence-corrected chi connectivity index (χ1v) is 8.27. The maximum absolute atomic E-state index is 12.3. The smallest absolute Gasteiger partial charge is 0.355 e. The summed E-state index contributed by atoms with van der Waals surface area (Å²) in [6.45, 7) is 0.931. The Morgan fingerprint density at radius 2 is 1.44 bits per heavy atom. The number of aromatic nitrogens is 1. The Kier molecular flexibility index (Phi) is 5.17. The lowest BCUT2D eigenvalue weighted by Gasteiger charge is -2.13. The van der Waals surface area contributed by atoms with Crippen LogP contribution in [-0.2, 0) is 20.2 Å². The maximum atomic E-state index is 12.3. The van der Waals surface area contributed by atoms with Crippen LogP contribution >= 0.6 is 0 Å². The molecule has 0 aromatic carbocycles. The quantitative estimate of drug-likeness (QED) is 0.415. The zero-order valence-corrected chi connectivity index (χ0v) is 13.1. The Labute approximate surface area is 135 Å². The standard InChI is InChI=1S/C9H4F6N2O6S2/c1-4-2-6(22-24(18,19)8(10,11)12)17-7(5(4)3-16)23-25(20,21)9(13,14)15/h2H,1H3. The van der Waals surface area contributed by atoms with Crippen molar-refractivity contribution >= 4 is 20.2 Å². The summed E-state index contributed by atoms with van der Waals surface area (Å²) in [7, 11) is -12.6. The minimum absolute atomic E-state index is 0.453. The molecule has 16 heteroatoms. The van der Waals surface area contributed by atoms with Gasteiger partial charge in [-0.05, 0) is 12.5 Å². The monoisotopic (exact) mass is 414 g/mol. The fraction of sp³-hybridized carbons (Fsp3) is 0.333. The molecule has 0 amide bonds. The second-order valence-electron chi connectivity index (χ2n) is 4.04. The molecule has 1 heterocycles. The van der Waals surface area contributed by atoms with Crippen LogP contribution in [0.1, 0.15) is 11.1 Å². The molecule has 0 atom stereocenters. The van der Waals surface area contributed by atoms with Gasteiger partial charge in [-0.3, -0.25) is 0 Å². The van der Waals surface area contributed by atoms with Crippen LogP contribution in [0.4, 0.5) is 26.3 Å². The molecular weight excluding hydrogens is 410 g/mol. The molecule has 0 aliphatic rings. The van der Waals surface area contributed by atoms with Crippen LogP contribution in [-0.4, -0.2) is 32.8 Å². The molecule has 0 aliphatic heterocycles. The van der Waals surface area contributed by atoms with Crippen LogP contribution in [0.15, 0.2) is 6.07 Å². The molecule has 0 saturated carbocycles. The van der Waals surface area contributed by atoms with E-state index in [0.29, 0.717) is 6.07 Å². The Morgan fingerprint density at radius 1 is 1.00 bits per heavy atom. The van der Waals surface area contributed by atoms with Gasteiger partial charge in [-0.2, -0.15) is 53.4 Å². The lowest BCUT2D eigenvalue weighted by atomic mass is 10.2. The fourth-order valence-electron chi connectivity index (χ4n) is 1.16. The number of hydrogen-bond donors (Lipinski definition) is 0. The third-order valence-corrected chi connectivity index (χ3v) is 4.12. The van der Waals surface area contributed by atoms with Crippen LogP contribution in [0.25, 0.3) is 0 Å². The molecule has 1 aromatic heterocycles. The first kappa shape index (κ1) is 20.8. The molecule has 8 nitrogen and oxygen atoms in total. The number of aryl methyl sites for hydroxylation is 1. The minimum atomic E-state index is -6.33. The first-order chi connectivity index (χ1) is 11.0. The van der Waals surface area contributed by atoms with Gasteiger partial charge in [-0.1, -0.05) is 0 Å². The zero-order chi connectivity index (χ0) is 19.8. The lowest BCUT2D eigenvalue weighted by molar-refractivity contribution is -0.0502. The molecule has 0 saturated heterocycles. The Morgan fingerprint density at radius 3 is 1.84 bits per heavy atom. The van der Waals surface area contributed by atoms with Gasteiger partial charge >= 0.3 is 31.3 Å². The molecule has 0 fully saturated rings. The predicted octanol–water partition coefficient (Wildman–Crippen LogP) is 1.72. The van der Waals surface area contributed by atoms with Gasteiger partial charge in [0, 0.05) is 6.07 Å². The van der Waals surface area contributed by atoms with E-state index in [2.05, 4.69) is 13.4 Å². The SMILES string of the molecule is Cc1cc(OS(=O)(=O)C(F)(F)F)nc(OS(=O)(=O)C(F)(F)F)c1C#N. The average Bonchev–Trinajstić information content (AvgIpc) is 2.34. The first-order valence-electron chi connectivity index (χ1n) is 5.45. The highest BCUT2D eigenvalue weighted by Crippen LogP contribution is 2.32. The van der Waals surface area contributed by atoms with E-state index < -0.39 is 54.1 Å². The molecule has 1 rings (SSSR count). The topological polar surface area (TPSA) is 123 Å². The van der Waals surface area contributed by atoms with Gasteiger partial charge in [0.05, 0.1) is 0 Å². The van der Waals surface area contributed by atoms with Gasteiger partial charge in [0.25, 0.3) is 5.88 Å². The summed E-state index contributed by atoms with van der Waals surface area (Å²) < 4.78 is 124. The van der Waals surface area contributed by atoms with E-state index in [1.807, 2.05) is 0 Å². The largest absolute Gasteiger partial charge is 0.534 e. The van der Waals surface area contributed by atoms with E-state index in [1.54, 1.807) is 0 Å². The van der Waals surface area contributed by atoms with Crippen molar-refractivity contribution < 1.29 is 51.5 Å². The normalized spacial score (nSPS) is 13.2. The fourth-order valence-corrected chi connectivity index (χ4v) is 1.99. The number of rotatable bonds is 4. The van der Waals surface area contributed by atoms with Gasteiger partial charge < -0.3 is 8.37 Å². The molecule has 140 valence electrons. The van der Waals surface area contributed by atoms with Gasteiger partial charge in [0.15, 0.2) is 0 Å². The van der Waals surface area contributed by atoms with E-state index in [1.165, 1.54) is 6.07 Å². The number of nitriles is 1. The van der Waals surface area contributed by atoms with E-state index in [9.17, 15) is 43.2 Å².